The highest BCUT2D eigenvalue weighted by Crippen LogP contribution is 2.52. The zero-order chi connectivity index (χ0) is 16.6. The Hall–Kier alpha value is -0.580. The highest BCUT2D eigenvalue weighted by Gasteiger charge is 2.56. The minimum Gasteiger partial charge on any atom is -0.444 e. The first-order valence-corrected chi connectivity index (χ1v) is 10.9. The van der Waals surface area contributed by atoms with Gasteiger partial charge in [0, 0.05) is 18.8 Å². The summed E-state index contributed by atoms with van der Waals surface area (Å²) in [6, 6.07) is 0.633. The maximum absolute atomic E-state index is 12.1. The van der Waals surface area contributed by atoms with Crippen LogP contribution in [0.5, 0.6) is 0 Å². The molecule has 132 valence electrons. The van der Waals surface area contributed by atoms with Crippen LogP contribution in [0.25, 0.3) is 0 Å². The average Bonchev–Trinajstić information content (AvgIpc) is 2.91. The third-order valence-corrected chi connectivity index (χ3v) is 6.89. The molecule has 0 spiro atoms. The molecule has 2 saturated carbocycles. The fraction of sp³-hybridized carbons (Fsp3) is 0.944. The number of nitrogens with zero attached hydrogens (tertiary/aromatic N) is 2. The Bertz CT molecular complexity index is 468. The maximum Gasteiger partial charge on any atom is 0.410 e. The first-order valence-electron chi connectivity index (χ1n) is 9.15. The molecule has 1 amide bonds. The van der Waals surface area contributed by atoms with Gasteiger partial charge in [0.05, 0.1) is 6.04 Å². The smallest absolute Gasteiger partial charge is 0.410 e. The van der Waals surface area contributed by atoms with Gasteiger partial charge in [-0.25, -0.2) is 4.79 Å². The highest BCUT2D eigenvalue weighted by molar-refractivity contribution is 7.86. The quantitative estimate of drug-likeness (QED) is 0.783. The molecule has 0 aromatic heterocycles. The second-order valence-corrected chi connectivity index (χ2v) is 10.3. The van der Waals surface area contributed by atoms with Crippen molar-refractivity contribution in [2.45, 2.75) is 64.5 Å². The molecule has 3 unspecified atom stereocenters. The van der Waals surface area contributed by atoms with Crippen molar-refractivity contribution in [3.63, 3.8) is 0 Å². The van der Waals surface area contributed by atoms with Crippen molar-refractivity contribution >= 4 is 16.8 Å². The van der Waals surface area contributed by atoms with Crippen molar-refractivity contribution < 1.29 is 9.53 Å². The van der Waals surface area contributed by atoms with Crippen molar-refractivity contribution in [3.05, 3.63) is 0 Å². The monoisotopic (exact) mass is 340 g/mol. The lowest BCUT2D eigenvalue weighted by Crippen LogP contribution is -2.37. The van der Waals surface area contributed by atoms with E-state index in [0.29, 0.717) is 17.9 Å². The van der Waals surface area contributed by atoms with Gasteiger partial charge in [-0.2, -0.15) is 0 Å². The van der Waals surface area contributed by atoms with Crippen molar-refractivity contribution in [1.29, 1.82) is 0 Å². The normalized spacial score (nSPS) is 32.7. The lowest BCUT2D eigenvalue weighted by atomic mass is 9.97. The van der Waals surface area contributed by atoms with Gasteiger partial charge < -0.3 is 9.64 Å². The highest BCUT2D eigenvalue weighted by atomic mass is 32.2. The molecular formula is C18H32N2O2S. The molecule has 0 N–H and O–H groups in total. The number of ether oxygens (including phenoxy) is 1. The van der Waals surface area contributed by atoms with Gasteiger partial charge in [0.25, 0.3) is 0 Å². The Morgan fingerprint density at radius 1 is 1.17 bits per heavy atom. The molecule has 0 bridgehead atoms. The van der Waals surface area contributed by atoms with E-state index in [9.17, 15) is 4.79 Å². The molecule has 1 aliphatic heterocycles. The Morgan fingerprint density at radius 2 is 1.78 bits per heavy atom. The van der Waals surface area contributed by atoms with E-state index in [1.165, 1.54) is 37.9 Å². The Labute approximate surface area is 143 Å². The minimum atomic E-state index is -0.391. The fourth-order valence-corrected chi connectivity index (χ4v) is 5.99. The molecule has 3 fully saturated rings. The van der Waals surface area contributed by atoms with Gasteiger partial charge in [-0.05, 0) is 57.6 Å². The molecule has 1 heterocycles. The Kier molecular flexibility index (Phi) is 5.05. The Morgan fingerprint density at radius 3 is 2.35 bits per heavy atom. The van der Waals surface area contributed by atoms with Crippen LogP contribution in [0.3, 0.4) is 0 Å². The zero-order valence-electron chi connectivity index (χ0n) is 15.1. The Balaban J connectivity index is 1.43. The predicted molar refractivity (Wildman–Crippen MR) is 95.7 cm³/mol. The summed E-state index contributed by atoms with van der Waals surface area (Å²) < 4.78 is 10.5. The van der Waals surface area contributed by atoms with Crippen molar-refractivity contribution in [2.24, 2.45) is 22.1 Å². The number of amides is 1. The topological polar surface area (TPSA) is 41.9 Å². The van der Waals surface area contributed by atoms with E-state index in [0.717, 1.165) is 19.0 Å². The third-order valence-electron chi connectivity index (χ3n) is 5.36. The molecule has 1 saturated heterocycles. The molecule has 2 aliphatic carbocycles. The van der Waals surface area contributed by atoms with Gasteiger partial charge in [-0.3, -0.25) is 4.36 Å². The van der Waals surface area contributed by atoms with Crippen molar-refractivity contribution in [2.75, 3.05) is 25.1 Å². The molecule has 3 aliphatic rings. The second kappa shape index (κ2) is 6.73. The number of fused-ring (bicyclic) bond motifs is 1. The predicted octanol–water partition coefficient (Wildman–Crippen LogP) is 3.86. The van der Waals surface area contributed by atoms with Gasteiger partial charge in [0.15, 0.2) is 0 Å². The van der Waals surface area contributed by atoms with E-state index in [-0.39, 0.29) is 16.8 Å². The van der Waals surface area contributed by atoms with Crippen LogP contribution < -0.4 is 0 Å². The van der Waals surface area contributed by atoms with Crippen LogP contribution in [0.2, 0.25) is 0 Å². The third kappa shape index (κ3) is 4.49. The van der Waals surface area contributed by atoms with Gasteiger partial charge in [0.1, 0.15) is 5.60 Å². The van der Waals surface area contributed by atoms with Gasteiger partial charge in [-0.15, -0.1) is 10.7 Å². The molecule has 3 atom stereocenters. The molecular weight excluding hydrogens is 308 g/mol. The first kappa shape index (κ1) is 17.2. The van der Waals surface area contributed by atoms with E-state index in [2.05, 4.69) is 6.26 Å². The summed E-state index contributed by atoms with van der Waals surface area (Å²) in [5.74, 6) is 3.46. The fourth-order valence-electron chi connectivity index (χ4n) is 4.13. The van der Waals surface area contributed by atoms with E-state index < -0.39 is 5.60 Å². The summed E-state index contributed by atoms with van der Waals surface area (Å²) in [6.07, 6.45) is 8.93. The van der Waals surface area contributed by atoms with Crippen LogP contribution in [0.15, 0.2) is 4.36 Å². The lowest BCUT2D eigenvalue weighted by molar-refractivity contribution is 0.0267. The SMILES string of the molecule is CS(CC1C2CN(C(=O)OC(C)(C)C)CC21)=NC1CCCCC1. The summed E-state index contributed by atoms with van der Waals surface area (Å²) in [5.41, 5.74) is -0.391. The molecule has 5 heteroatoms. The molecule has 0 radical (unpaired) electrons. The largest absolute Gasteiger partial charge is 0.444 e. The maximum atomic E-state index is 12.1. The number of rotatable bonds is 3. The summed E-state index contributed by atoms with van der Waals surface area (Å²) in [5, 5.41) is 0. The number of carbonyl (C=O) groups is 1. The second-order valence-electron chi connectivity index (χ2n) is 8.54. The van der Waals surface area contributed by atoms with E-state index in [4.69, 9.17) is 9.10 Å². The number of piperidine rings is 1. The van der Waals surface area contributed by atoms with Gasteiger partial charge >= 0.3 is 6.09 Å². The van der Waals surface area contributed by atoms with E-state index >= 15 is 0 Å². The summed E-state index contributed by atoms with van der Waals surface area (Å²) >= 11 is 0. The van der Waals surface area contributed by atoms with E-state index in [1.807, 2.05) is 25.7 Å². The van der Waals surface area contributed by atoms with Gasteiger partial charge in [0.2, 0.25) is 0 Å². The molecule has 0 aromatic carbocycles. The molecule has 0 aromatic rings. The molecule has 23 heavy (non-hydrogen) atoms. The number of hydrogen-bond donors (Lipinski definition) is 0. The van der Waals surface area contributed by atoms with Crippen LogP contribution in [0.4, 0.5) is 4.79 Å². The first-order chi connectivity index (χ1) is 10.8. The van der Waals surface area contributed by atoms with Gasteiger partial charge in [-0.1, -0.05) is 19.3 Å². The summed E-state index contributed by atoms with van der Waals surface area (Å²) in [7, 11) is 0.208. The van der Waals surface area contributed by atoms with Crippen LogP contribution in [0, 0.1) is 17.8 Å². The summed E-state index contributed by atoms with van der Waals surface area (Å²) in [6.45, 7) is 7.58. The van der Waals surface area contributed by atoms with Crippen LogP contribution in [-0.4, -0.2) is 47.7 Å². The zero-order valence-corrected chi connectivity index (χ0v) is 15.9. The average molecular weight is 341 g/mol. The summed E-state index contributed by atoms with van der Waals surface area (Å²) in [4.78, 5) is 14.0. The molecule has 3 rings (SSSR count). The number of carbonyl (C=O) groups excluding carboxylic acids is 1. The van der Waals surface area contributed by atoms with Crippen LogP contribution >= 0.6 is 0 Å². The standard InChI is InChI=1S/C18H32N2O2S/c1-18(2,3)22-17(21)20-10-14-15(11-20)16(14)12-23(4)19-13-8-6-5-7-9-13/h13-16H,5-12H2,1-4H3. The number of hydrogen-bond acceptors (Lipinski definition) is 3. The number of likely N-dealkylation sites (tertiary alicyclic amines) is 1. The minimum absolute atomic E-state index is 0.133. The van der Waals surface area contributed by atoms with Crippen LogP contribution in [-0.2, 0) is 15.4 Å². The van der Waals surface area contributed by atoms with E-state index in [1.54, 1.807) is 0 Å². The molecule has 4 nitrogen and oxygen atoms in total. The van der Waals surface area contributed by atoms with Crippen LogP contribution in [0.1, 0.15) is 52.9 Å². The lowest BCUT2D eigenvalue weighted by Gasteiger charge is -2.26. The van der Waals surface area contributed by atoms with Crippen molar-refractivity contribution in [1.82, 2.24) is 4.90 Å². The van der Waals surface area contributed by atoms with Crippen molar-refractivity contribution in [3.8, 4) is 0 Å².